The molecule has 1 heterocycles. The summed E-state index contributed by atoms with van der Waals surface area (Å²) < 4.78 is 5.14. The van der Waals surface area contributed by atoms with Gasteiger partial charge in [0.05, 0.1) is 0 Å². The Labute approximate surface area is 114 Å². The number of carbonyl (C=O) groups excluding carboxylic acids is 1. The van der Waals surface area contributed by atoms with Gasteiger partial charge in [0.2, 0.25) is 0 Å². The fraction of sp³-hybridized carbons (Fsp3) is 0. The highest BCUT2D eigenvalue weighted by molar-refractivity contribution is 6.31. The van der Waals surface area contributed by atoms with E-state index in [0.717, 1.165) is 0 Å². The summed E-state index contributed by atoms with van der Waals surface area (Å²) in [6.45, 7) is 0. The van der Waals surface area contributed by atoms with Gasteiger partial charge in [-0.05, 0) is 36.4 Å². The predicted octanol–water partition coefficient (Wildman–Crippen LogP) is 3.73. The van der Waals surface area contributed by atoms with Crippen LogP contribution >= 0.6 is 11.6 Å². The van der Waals surface area contributed by atoms with E-state index in [2.05, 4.69) is 10.3 Å². The third kappa shape index (κ3) is 2.44. The monoisotopic (exact) mass is 272 g/mol. The van der Waals surface area contributed by atoms with E-state index in [1.54, 1.807) is 42.5 Å². The highest BCUT2D eigenvalue weighted by Crippen LogP contribution is 2.19. The van der Waals surface area contributed by atoms with Gasteiger partial charge in [0.1, 0.15) is 5.52 Å². The Bertz CT molecular complexity index is 752. The lowest BCUT2D eigenvalue weighted by atomic mass is 10.2. The maximum atomic E-state index is 12.0. The number of amides is 1. The topological polar surface area (TPSA) is 55.1 Å². The number of anilines is 1. The second kappa shape index (κ2) is 4.74. The molecule has 0 aliphatic carbocycles. The number of nitrogens with zero attached hydrogens (tertiary/aromatic N) is 1. The molecule has 0 aliphatic heterocycles. The van der Waals surface area contributed by atoms with Crippen molar-refractivity contribution in [2.45, 2.75) is 0 Å². The zero-order valence-corrected chi connectivity index (χ0v) is 10.5. The molecule has 0 saturated heterocycles. The Morgan fingerprint density at radius 1 is 1.21 bits per heavy atom. The maximum Gasteiger partial charge on any atom is 0.255 e. The quantitative estimate of drug-likeness (QED) is 0.773. The van der Waals surface area contributed by atoms with E-state index in [4.69, 9.17) is 16.0 Å². The zero-order chi connectivity index (χ0) is 13.2. The number of benzene rings is 2. The average Bonchev–Trinajstić information content (AvgIpc) is 2.86. The van der Waals surface area contributed by atoms with Crippen molar-refractivity contribution in [2.75, 3.05) is 5.32 Å². The van der Waals surface area contributed by atoms with Crippen LogP contribution in [0, 0.1) is 0 Å². The molecule has 2 aromatic carbocycles. The molecule has 0 bridgehead atoms. The number of hydrogen-bond donors (Lipinski definition) is 1. The van der Waals surface area contributed by atoms with Crippen LogP contribution in [-0.4, -0.2) is 10.9 Å². The smallest absolute Gasteiger partial charge is 0.255 e. The number of hydrogen-bond acceptors (Lipinski definition) is 3. The van der Waals surface area contributed by atoms with Gasteiger partial charge < -0.3 is 9.73 Å². The van der Waals surface area contributed by atoms with Gasteiger partial charge in [-0.2, -0.15) is 0 Å². The normalized spacial score (nSPS) is 10.6. The fourth-order valence-corrected chi connectivity index (χ4v) is 1.96. The maximum absolute atomic E-state index is 12.0. The minimum atomic E-state index is -0.217. The number of rotatable bonds is 2. The molecule has 0 unspecified atom stereocenters. The van der Waals surface area contributed by atoms with Gasteiger partial charge in [0.15, 0.2) is 12.0 Å². The van der Waals surface area contributed by atoms with Gasteiger partial charge in [0.25, 0.3) is 5.91 Å². The van der Waals surface area contributed by atoms with Gasteiger partial charge in [-0.1, -0.05) is 17.7 Å². The van der Waals surface area contributed by atoms with Crippen LogP contribution in [0.3, 0.4) is 0 Å². The van der Waals surface area contributed by atoms with E-state index in [9.17, 15) is 4.79 Å². The van der Waals surface area contributed by atoms with Crippen LogP contribution in [0.25, 0.3) is 11.1 Å². The van der Waals surface area contributed by atoms with E-state index in [0.29, 0.717) is 27.4 Å². The molecular weight excluding hydrogens is 264 g/mol. The van der Waals surface area contributed by atoms with Crippen molar-refractivity contribution in [1.82, 2.24) is 4.98 Å². The number of oxazole rings is 1. The minimum Gasteiger partial charge on any atom is -0.443 e. The Morgan fingerprint density at radius 2 is 2.11 bits per heavy atom. The standard InChI is InChI=1S/C14H9ClN2O2/c15-10-3-1-2-9(6-10)14(18)17-11-4-5-13-12(7-11)16-8-19-13/h1-8H,(H,17,18). The summed E-state index contributed by atoms with van der Waals surface area (Å²) in [5.41, 5.74) is 2.55. The van der Waals surface area contributed by atoms with Gasteiger partial charge in [-0.25, -0.2) is 4.98 Å². The minimum absolute atomic E-state index is 0.217. The SMILES string of the molecule is O=C(Nc1ccc2ocnc2c1)c1cccc(Cl)c1. The molecule has 3 rings (SSSR count). The molecule has 0 radical (unpaired) electrons. The number of carbonyl (C=O) groups is 1. The first kappa shape index (κ1) is 11.7. The third-order valence-electron chi connectivity index (χ3n) is 2.68. The molecule has 0 atom stereocenters. The van der Waals surface area contributed by atoms with Crippen LogP contribution in [0.15, 0.2) is 53.3 Å². The van der Waals surface area contributed by atoms with Crippen LogP contribution in [0.2, 0.25) is 5.02 Å². The summed E-state index contributed by atoms with van der Waals surface area (Å²) >= 11 is 5.85. The lowest BCUT2D eigenvalue weighted by Gasteiger charge is -2.05. The number of halogens is 1. The molecule has 94 valence electrons. The zero-order valence-electron chi connectivity index (χ0n) is 9.76. The lowest BCUT2D eigenvalue weighted by Crippen LogP contribution is -2.11. The van der Waals surface area contributed by atoms with Gasteiger partial charge >= 0.3 is 0 Å². The van der Waals surface area contributed by atoms with Crippen molar-refractivity contribution < 1.29 is 9.21 Å². The van der Waals surface area contributed by atoms with E-state index in [1.165, 1.54) is 6.39 Å². The number of nitrogens with one attached hydrogen (secondary N) is 1. The van der Waals surface area contributed by atoms with Crippen molar-refractivity contribution in [2.24, 2.45) is 0 Å². The largest absolute Gasteiger partial charge is 0.443 e. The second-order valence-electron chi connectivity index (χ2n) is 4.00. The first-order valence-electron chi connectivity index (χ1n) is 5.62. The molecule has 4 nitrogen and oxygen atoms in total. The summed E-state index contributed by atoms with van der Waals surface area (Å²) in [7, 11) is 0. The van der Waals surface area contributed by atoms with Crippen LogP contribution in [0.5, 0.6) is 0 Å². The molecule has 5 heteroatoms. The summed E-state index contributed by atoms with van der Waals surface area (Å²) in [6.07, 6.45) is 1.37. The molecule has 0 saturated carbocycles. The Morgan fingerprint density at radius 3 is 2.95 bits per heavy atom. The fourth-order valence-electron chi connectivity index (χ4n) is 1.77. The van der Waals surface area contributed by atoms with Crippen molar-refractivity contribution in [3.8, 4) is 0 Å². The first-order chi connectivity index (χ1) is 9.22. The van der Waals surface area contributed by atoms with Gasteiger partial charge in [-0.3, -0.25) is 4.79 Å². The Balaban J connectivity index is 1.86. The van der Waals surface area contributed by atoms with Crippen LogP contribution in [0.4, 0.5) is 5.69 Å². The second-order valence-corrected chi connectivity index (χ2v) is 4.44. The Kier molecular flexibility index (Phi) is 2.93. The Hall–Kier alpha value is -2.33. The molecule has 1 N–H and O–H groups in total. The molecule has 19 heavy (non-hydrogen) atoms. The highest BCUT2D eigenvalue weighted by atomic mass is 35.5. The first-order valence-corrected chi connectivity index (χ1v) is 6.00. The van der Waals surface area contributed by atoms with Gasteiger partial charge in [-0.15, -0.1) is 0 Å². The molecule has 3 aromatic rings. The molecule has 1 aromatic heterocycles. The predicted molar refractivity (Wildman–Crippen MR) is 73.4 cm³/mol. The molecule has 0 spiro atoms. The summed E-state index contributed by atoms with van der Waals surface area (Å²) in [4.78, 5) is 16.1. The molecule has 0 fully saturated rings. The third-order valence-corrected chi connectivity index (χ3v) is 2.91. The van der Waals surface area contributed by atoms with E-state index in [-0.39, 0.29) is 5.91 Å². The average molecular weight is 273 g/mol. The molecular formula is C14H9ClN2O2. The van der Waals surface area contributed by atoms with E-state index >= 15 is 0 Å². The van der Waals surface area contributed by atoms with Gasteiger partial charge in [0, 0.05) is 16.3 Å². The van der Waals surface area contributed by atoms with Crippen LogP contribution in [-0.2, 0) is 0 Å². The van der Waals surface area contributed by atoms with E-state index in [1.807, 2.05) is 0 Å². The summed E-state index contributed by atoms with van der Waals surface area (Å²) in [5, 5.41) is 3.32. The van der Waals surface area contributed by atoms with Crippen molar-refractivity contribution in [1.29, 1.82) is 0 Å². The van der Waals surface area contributed by atoms with E-state index < -0.39 is 0 Å². The summed E-state index contributed by atoms with van der Waals surface area (Å²) in [5.74, 6) is -0.217. The molecule has 1 amide bonds. The van der Waals surface area contributed by atoms with Crippen molar-refractivity contribution in [3.63, 3.8) is 0 Å². The summed E-state index contributed by atoms with van der Waals surface area (Å²) in [6, 6.07) is 12.0. The number of aromatic nitrogens is 1. The molecule has 0 aliphatic rings. The van der Waals surface area contributed by atoms with Crippen molar-refractivity contribution >= 4 is 34.3 Å². The lowest BCUT2D eigenvalue weighted by molar-refractivity contribution is 0.102. The van der Waals surface area contributed by atoms with Crippen molar-refractivity contribution in [3.05, 3.63) is 59.4 Å². The highest BCUT2D eigenvalue weighted by Gasteiger charge is 2.07. The van der Waals surface area contributed by atoms with Crippen LogP contribution < -0.4 is 5.32 Å². The van der Waals surface area contributed by atoms with Crippen LogP contribution in [0.1, 0.15) is 10.4 Å². The number of fused-ring (bicyclic) bond motifs is 1.